The lowest BCUT2D eigenvalue weighted by Crippen LogP contribution is -2.22. The molecule has 0 aliphatic carbocycles. The average Bonchev–Trinajstić information content (AvgIpc) is 2.74. The lowest BCUT2D eigenvalue weighted by Gasteiger charge is -2.13. The number of hydrogen-bond donors (Lipinski definition) is 2. The molecule has 5 heteroatoms. The van der Waals surface area contributed by atoms with Gasteiger partial charge in [-0.3, -0.25) is 4.79 Å². The third-order valence-electron chi connectivity index (χ3n) is 4.62. The standard InChI is InChI=1S/C24H24N2O3/c1-17-14-20(24(28)29-2)12-13-21(17)25-16-23(27)26-22-11-7-6-10-19(22)15-18-8-4-3-5-9-18/h3-14,25H,15-16H2,1-2H3,(H,26,27). The Kier molecular flexibility index (Phi) is 6.63. The van der Waals surface area contributed by atoms with Crippen LogP contribution in [0.4, 0.5) is 11.4 Å². The number of aryl methyl sites for hydroxylation is 1. The number of amides is 1. The number of methoxy groups -OCH3 is 1. The third kappa shape index (κ3) is 5.45. The predicted octanol–water partition coefficient (Wildman–Crippen LogP) is 4.42. The van der Waals surface area contributed by atoms with Crippen molar-refractivity contribution in [3.8, 4) is 0 Å². The van der Waals surface area contributed by atoms with Crippen LogP contribution < -0.4 is 10.6 Å². The second kappa shape index (κ2) is 9.55. The molecule has 0 atom stereocenters. The van der Waals surface area contributed by atoms with Crippen molar-refractivity contribution in [2.24, 2.45) is 0 Å². The predicted molar refractivity (Wildman–Crippen MR) is 115 cm³/mol. The van der Waals surface area contributed by atoms with Crippen LogP contribution in [0.25, 0.3) is 0 Å². The van der Waals surface area contributed by atoms with Gasteiger partial charge in [-0.25, -0.2) is 4.79 Å². The number of anilines is 2. The molecule has 2 N–H and O–H groups in total. The fraction of sp³-hybridized carbons (Fsp3) is 0.167. The lowest BCUT2D eigenvalue weighted by atomic mass is 10.0. The molecule has 5 nitrogen and oxygen atoms in total. The average molecular weight is 388 g/mol. The van der Waals surface area contributed by atoms with E-state index in [0.717, 1.165) is 28.9 Å². The molecule has 29 heavy (non-hydrogen) atoms. The second-order valence-electron chi connectivity index (χ2n) is 6.74. The van der Waals surface area contributed by atoms with Gasteiger partial charge in [-0.05, 0) is 54.3 Å². The zero-order valence-electron chi connectivity index (χ0n) is 16.6. The van der Waals surface area contributed by atoms with Crippen molar-refractivity contribution in [3.05, 3.63) is 95.1 Å². The van der Waals surface area contributed by atoms with E-state index in [-0.39, 0.29) is 18.4 Å². The molecule has 0 aromatic heterocycles. The van der Waals surface area contributed by atoms with Crippen molar-refractivity contribution in [3.63, 3.8) is 0 Å². The number of para-hydroxylation sites is 1. The summed E-state index contributed by atoms with van der Waals surface area (Å²) < 4.78 is 4.73. The van der Waals surface area contributed by atoms with Crippen LogP contribution in [0.1, 0.15) is 27.0 Å². The molecule has 0 heterocycles. The maximum atomic E-state index is 12.5. The molecule has 3 aromatic rings. The summed E-state index contributed by atoms with van der Waals surface area (Å²) in [5.74, 6) is -0.519. The monoisotopic (exact) mass is 388 g/mol. The summed E-state index contributed by atoms with van der Waals surface area (Å²) in [6, 6.07) is 23.1. The maximum Gasteiger partial charge on any atom is 0.337 e. The number of rotatable bonds is 7. The Bertz CT molecular complexity index is 1000. The maximum absolute atomic E-state index is 12.5. The van der Waals surface area contributed by atoms with E-state index in [2.05, 4.69) is 22.8 Å². The minimum absolute atomic E-state index is 0.123. The van der Waals surface area contributed by atoms with Crippen LogP contribution >= 0.6 is 0 Å². The van der Waals surface area contributed by atoms with Crippen molar-refractivity contribution in [1.29, 1.82) is 0 Å². The van der Waals surface area contributed by atoms with Crippen LogP contribution in [-0.2, 0) is 16.0 Å². The largest absolute Gasteiger partial charge is 0.465 e. The zero-order valence-corrected chi connectivity index (χ0v) is 16.6. The number of carbonyl (C=O) groups excluding carboxylic acids is 2. The molecule has 0 bridgehead atoms. The van der Waals surface area contributed by atoms with Crippen molar-refractivity contribution in [2.45, 2.75) is 13.3 Å². The quantitative estimate of drug-likeness (QED) is 0.588. The van der Waals surface area contributed by atoms with E-state index in [1.165, 1.54) is 12.7 Å². The molecule has 0 spiro atoms. The highest BCUT2D eigenvalue weighted by Gasteiger charge is 2.10. The van der Waals surface area contributed by atoms with Crippen molar-refractivity contribution >= 4 is 23.3 Å². The molecule has 0 radical (unpaired) electrons. The summed E-state index contributed by atoms with van der Waals surface area (Å²) in [6.07, 6.45) is 0.749. The first-order valence-electron chi connectivity index (χ1n) is 9.41. The summed E-state index contributed by atoms with van der Waals surface area (Å²) in [4.78, 5) is 24.1. The van der Waals surface area contributed by atoms with Crippen molar-refractivity contribution < 1.29 is 14.3 Å². The van der Waals surface area contributed by atoms with Gasteiger partial charge < -0.3 is 15.4 Å². The van der Waals surface area contributed by atoms with Crippen molar-refractivity contribution in [1.82, 2.24) is 0 Å². The van der Waals surface area contributed by atoms with Gasteiger partial charge in [0.15, 0.2) is 0 Å². The Morgan fingerprint density at radius 2 is 1.62 bits per heavy atom. The molecule has 0 unspecified atom stereocenters. The van der Waals surface area contributed by atoms with Crippen LogP contribution in [0.15, 0.2) is 72.8 Å². The molecule has 0 aliphatic rings. The highest BCUT2D eigenvalue weighted by Crippen LogP contribution is 2.20. The minimum atomic E-state index is -0.382. The Hall–Kier alpha value is -3.60. The number of carbonyl (C=O) groups is 2. The van der Waals surface area contributed by atoms with Crippen LogP contribution in [0.5, 0.6) is 0 Å². The van der Waals surface area contributed by atoms with E-state index in [0.29, 0.717) is 5.56 Å². The summed E-state index contributed by atoms with van der Waals surface area (Å²) in [5.41, 5.74) is 5.20. The SMILES string of the molecule is COC(=O)c1ccc(NCC(=O)Nc2ccccc2Cc2ccccc2)c(C)c1. The molecule has 3 rings (SSSR count). The highest BCUT2D eigenvalue weighted by molar-refractivity contribution is 5.95. The molecule has 0 fully saturated rings. The van der Waals surface area contributed by atoms with Crippen LogP contribution in [0.2, 0.25) is 0 Å². The van der Waals surface area contributed by atoms with Gasteiger partial charge in [0.1, 0.15) is 0 Å². The van der Waals surface area contributed by atoms with Gasteiger partial charge in [0.05, 0.1) is 19.2 Å². The van der Waals surface area contributed by atoms with E-state index in [1.54, 1.807) is 18.2 Å². The van der Waals surface area contributed by atoms with Gasteiger partial charge in [-0.15, -0.1) is 0 Å². The first kappa shape index (κ1) is 20.1. The summed E-state index contributed by atoms with van der Waals surface area (Å²) >= 11 is 0. The normalized spacial score (nSPS) is 10.3. The molecule has 0 aliphatic heterocycles. The van der Waals surface area contributed by atoms with Gasteiger partial charge in [0.25, 0.3) is 0 Å². The van der Waals surface area contributed by atoms with Gasteiger partial charge in [0.2, 0.25) is 5.91 Å². The number of nitrogens with one attached hydrogen (secondary N) is 2. The second-order valence-corrected chi connectivity index (χ2v) is 6.74. The van der Waals surface area contributed by atoms with Crippen LogP contribution in [-0.4, -0.2) is 25.5 Å². The third-order valence-corrected chi connectivity index (χ3v) is 4.62. The molecule has 148 valence electrons. The van der Waals surface area contributed by atoms with Gasteiger partial charge in [-0.2, -0.15) is 0 Å². The molecular weight excluding hydrogens is 364 g/mol. The Balaban J connectivity index is 1.62. The topological polar surface area (TPSA) is 67.4 Å². The highest BCUT2D eigenvalue weighted by atomic mass is 16.5. The number of benzene rings is 3. The fourth-order valence-corrected chi connectivity index (χ4v) is 3.09. The fourth-order valence-electron chi connectivity index (χ4n) is 3.09. The van der Waals surface area contributed by atoms with Gasteiger partial charge in [0, 0.05) is 11.4 Å². The molecule has 3 aromatic carbocycles. The number of esters is 1. The Labute approximate surface area is 170 Å². The first-order valence-corrected chi connectivity index (χ1v) is 9.41. The zero-order chi connectivity index (χ0) is 20.6. The smallest absolute Gasteiger partial charge is 0.337 e. The van der Waals surface area contributed by atoms with Crippen LogP contribution in [0.3, 0.4) is 0 Å². The van der Waals surface area contributed by atoms with Gasteiger partial charge in [-0.1, -0.05) is 48.5 Å². The number of hydrogen-bond acceptors (Lipinski definition) is 4. The molecule has 0 saturated carbocycles. The summed E-state index contributed by atoms with van der Waals surface area (Å²) in [5, 5.41) is 6.11. The lowest BCUT2D eigenvalue weighted by molar-refractivity contribution is -0.114. The van der Waals surface area contributed by atoms with Gasteiger partial charge >= 0.3 is 5.97 Å². The van der Waals surface area contributed by atoms with E-state index in [4.69, 9.17) is 4.74 Å². The Morgan fingerprint density at radius 1 is 0.897 bits per heavy atom. The van der Waals surface area contributed by atoms with E-state index >= 15 is 0 Å². The summed E-state index contributed by atoms with van der Waals surface area (Å²) in [7, 11) is 1.35. The molecule has 1 amide bonds. The Morgan fingerprint density at radius 3 is 2.34 bits per heavy atom. The number of ether oxygens (including phenoxy) is 1. The van der Waals surface area contributed by atoms with E-state index < -0.39 is 0 Å². The molecular formula is C24H24N2O3. The summed E-state index contributed by atoms with van der Waals surface area (Å²) in [6.45, 7) is 2.00. The van der Waals surface area contributed by atoms with Crippen molar-refractivity contribution in [2.75, 3.05) is 24.3 Å². The van der Waals surface area contributed by atoms with E-state index in [9.17, 15) is 9.59 Å². The van der Waals surface area contributed by atoms with E-state index in [1.807, 2.05) is 49.4 Å². The van der Waals surface area contributed by atoms with Crippen LogP contribution in [0, 0.1) is 6.92 Å². The minimum Gasteiger partial charge on any atom is -0.465 e. The molecule has 0 saturated heterocycles. The first-order chi connectivity index (χ1) is 14.1.